The number of hydrogen-bond acceptors (Lipinski definition) is 2. The van der Waals surface area contributed by atoms with Gasteiger partial charge in [0.05, 0.1) is 6.04 Å². The Hall–Kier alpha value is -1.58. The molecule has 94 valence electrons. The second kappa shape index (κ2) is 4.96. The molecule has 2 aromatic rings. The predicted molar refractivity (Wildman–Crippen MR) is 75.7 cm³/mol. The maximum absolute atomic E-state index is 4.01. The van der Waals surface area contributed by atoms with Crippen LogP contribution >= 0.6 is 0 Å². The second-order valence-corrected chi connectivity index (χ2v) is 4.79. The third-order valence-corrected chi connectivity index (χ3v) is 3.69. The molecule has 2 N–H and O–H groups in total. The van der Waals surface area contributed by atoms with E-state index in [9.17, 15) is 0 Å². The van der Waals surface area contributed by atoms with Crippen molar-refractivity contribution in [3.8, 4) is 0 Å². The van der Waals surface area contributed by atoms with E-state index in [2.05, 4.69) is 52.1 Å². The van der Waals surface area contributed by atoms with Crippen LogP contribution in [-0.2, 0) is 0 Å². The van der Waals surface area contributed by atoms with E-state index < -0.39 is 0 Å². The average Bonchev–Trinajstić information content (AvgIpc) is 2.88. The highest BCUT2D eigenvalue weighted by atomic mass is 15.2. The molecule has 1 atom stereocenters. The van der Waals surface area contributed by atoms with Crippen LogP contribution in [0.25, 0.3) is 10.9 Å². The van der Waals surface area contributed by atoms with Gasteiger partial charge in [0, 0.05) is 37.9 Å². The summed E-state index contributed by atoms with van der Waals surface area (Å²) in [5.74, 6) is 0. The van der Waals surface area contributed by atoms with E-state index in [4.69, 9.17) is 0 Å². The van der Waals surface area contributed by atoms with Crippen LogP contribution in [-0.4, -0.2) is 36.1 Å². The number of nitrogens with one attached hydrogen (secondary N) is 2. The lowest BCUT2D eigenvalue weighted by Gasteiger charge is -2.33. The molecule has 1 fully saturated rings. The van der Waals surface area contributed by atoms with Crippen molar-refractivity contribution < 1.29 is 0 Å². The van der Waals surface area contributed by atoms with Crippen LogP contribution < -0.4 is 5.32 Å². The minimum absolute atomic E-state index is 0.319. The van der Waals surface area contributed by atoms with E-state index in [1.807, 2.05) is 6.20 Å². The first-order chi connectivity index (χ1) is 8.88. The van der Waals surface area contributed by atoms with Gasteiger partial charge >= 0.3 is 0 Å². The third-order valence-electron chi connectivity index (χ3n) is 3.69. The maximum Gasteiger partial charge on any atom is 0.0530 e. The number of fused-ring (bicyclic) bond motifs is 1. The number of benzene rings is 1. The van der Waals surface area contributed by atoms with Crippen LogP contribution in [0, 0.1) is 0 Å². The van der Waals surface area contributed by atoms with Gasteiger partial charge in [-0.15, -0.1) is 6.58 Å². The molecule has 0 unspecified atom stereocenters. The van der Waals surface area contributed by atoms with Crippen molar-refractivity contribution in [1.82, 2.24) is 15.2 Å². The Bertz CT molecular complexity index is 537. The summed E-state index contributed by atoms with van der Waals surface area (Å²) in [4.78, 5) is 5.76. The van der Waals surface area contributed by atoms with E-state index in [1.54, 1.807) is 0 Å². The summed E-state index contributed by atoms with van der Waals surface area (Å²) in [5.41, 5.74) is 2.52. The summed E-state index contributed by atoms with van der Waals surface area (Å²) in [5, 5.41) is 4.65. The fraction of sp³-hybridized carbons (Fsp3) is 0.333. The Morgan fingerprint density at radius 2 is 2.06 bits per heavy atom. The summed E-state index contributed by atoms with van der Waals surface area (Å²) in [6, 6.07) is 9.06. The van der Waals surface area contributed by atoms with Gasteiger partial charge in [0.1, 0.15) is 0 Å². The maximum atomic E-state index is 4.01. The molecule has 1 aliphatic rings. The van der Waals surface area contributed by atoms with Crippen LogP contribution in [0.5, 0.6) is 0 Å². The van der Waals surface area contributed by atoms with Crippen molar-refractivity contribution in [3.63, 3.8) is 0 Å². The molecule has 1 aromatic heterocycles. The molecule has 18 heavy (non-hydrogen) atoms. The molecule has 0 spiro atoms. The minimum atomic E-state index is 0.319. The van der Waals surface area contributed by atoms with Crippen LogP contribution in [0.2, 0.25) is 0 Å². The molecule has 0 bridgehead atoms. The minimum Gasteiger partial charge on any atom is -0.361 e. The van der Waals surface area contributed by atoms with Crippen molar-refractivity contribution in [1.29, 1.82) is 0 Å². The Labute approximate surface area is 107 Å². The van der Waals surface area contributed by atoms with Crippen molar-refractivity contribution >= 4 is 10.9 Å². The molecule has 0 radical (unpaired) electrons. The highest BCUT2D eigenvalue weighted by Gasteiger charge is 2.19. The zero-order valence-corrected chi connectivity index (χ0v) is 10.5. The van der Waals surface area contributed by atoms with Crippen LogP contribution in [0.3, 0.4) is 0 Å². The first-order valence-corrected chi connectivity index (χ1v) is 6.53. The number of hydrogen-bond donors (Lipinski definition) is 2. The van der Waals surface area contributed by atoms with Gasteiger partial charge in [-0.1, -0.05) is 18.2 Å². The summed E-state index contributed by atoms with van der Waals surface area (Å²) in [6.07, 6.45) is 4.04. The molecule has 1 aromatic carbocycles. The largest absolute Gasteiger partial charge is 0.361 e. The number of rotatable bonds is 3. The summed E-state index contributed by atoms with van der Waals surface area (Å²) in [7, 11) is 0. The molecular formula is C15H19N3. The van der Waals surface area contributed by atoms with Gasteiger partial charge in [0.15, 0.2) is 0 Å². The first-order valence-electron chi connectivity index (χ1n) is 6.53. The van der Waals surface area contributed by atoms with Gasteiger partial charge in [-0.3, -0.25) is 4.90 Å². The third kappa shape index (κ3) is 2.07. The predicted octanol–water partition coefficient (Wildman–Crippen LogP) is 2.30. The normalized spacial score (nSPS) is 18.9. The van der Waals surface area contributed by atoms with Gasteiger partial charge in [-0.25, -0.2) is 0 Å². The van der Waals surface area contributed by atoms with Gasteiger partial charge in [-0.05, 0) is 23.1 Å². The lowest BCUT2D eigenvalue weighted by atomic mass is 10.0. The fourth-order valence-electron chi connectivity index (χ4n) is 2.71. The zero-order valence-electron chi connectivity index (χ0n) is 10.5. The molecule has 0 amide bonds. The van der Waals surface area contributed by atoms with Gasteiger partial charge < -0.3 is 10.3 Å². The van der Waals surface area contributed by atoms with Crippen LogP contribution in [0.15, 0.2) is 43.1 Å². The lowest BCUT2D eigenvalue weighted by molar-refractivity contribution is 0.203. The van der Waals surface area contributed by atoms with Crippen molar-refractivity contribution in [3.05, 3.63) is 48.7 Å². The van der Waals surface area contributed by atoms with Gasteiger partial charge in [0.2, 0.25) is 0 Å². The Morgan fingerprint density at radius 3 is 2.83 bits per heavy atom. The number of aromatic nitrogens is 1. The molecule has 3 nitrogen and oxygen atoms in total. The van der Waals surface area contributed by atoms with Crippen molar-refractivity contribution in [2.75, 3.05) is 26.2 Å². The van der Waals surface area contributed by atoms with E-state index in [1.165, 1.54) is 16.5 Å². The summed E-state index contributed by atoms with van der Waals surface area (Å²) in [6.45, 7) is 8.30. The van der Waals surface area contributed by atoms with E-state index in [-0.39, 0.29) is 0 Å². The molecule has 1 aliphatic heterocycles. The van der Waals surface area contributed by atoms with E-state index in [0.717, 1.165) is 26.2 Å². The molecule has 2 heterocycles. The van der Waals surface area contributed by atoms with E-state index >= 15 is 0 Å². The zero-order chi connectivity index (χ0) is 12.4. The lowest BCUT2D eigenvalue weighted by Crippen LogP contribution is -2.44. The highest BCUT2D eigenvalue weighted by molar-refractivity contribution is 5.80. The Morgan fingerprint density at radius 1 is 1.22 bits per heavy atom. The number of piperazine rings is 1. The number of H-pyrrole nitrogens is 1. The fourth-order valence-corrected chi connectivity index (χ4v) is 2.71. The summed E-state index contributed by atoms with van der Waals surface area (Å²) < 4.78 is 0. The molecular weight excluding hydrogens is 222 g/mol. The number of nitrogens with zero attached hydrogens (tertiary/aromatic N) is 1. The molecule has 3 heteroatoms. The Balaban J connectivity index is 1.91. The average molecular weight is 241 g/mol. The second-order valence-electron chi connectivity index (χ2n) is 4.79. The topological polar surface area (TPSA) is 31.1 Å². The summed E-state index contributed by atoms with van der Waals surface area (Å²) >= 11 is 0. The van der Waals surface area contributed by atoms with Crippen LogP contribution in [0.4, 0.5) is 0 Å². The first kappa shape index (κ1) is 11.5. The van der Waals surface area contributed by atoms with Crippen LogP contribution in [0.1, 0.15) is 11.6 Å². The molecule has 0 saturated carbocycles. The monoisotopic (exact) mass is 241 g/mol. The van der Waals surface area contributed by atoms with Crippen molar-refractivity contribution in [2.24, 2.45) is 0 Å². The SMILES string of the molecule is C=C[C@H](c1ccc2cc[nH]c2c1)N1CCNCC1. The highest BCUT2D eigenvalue weighted by Crippen LogP contribution is 2.25. The quantitative estimate of drug-likeness (QED) is 0.808. The molecule has 3 rings (SSSR count). The van der Waals surface area contributed by atoms with Crippen molar-refractivity contribution in [2.45, 2.75) is 6.04 Å². The van der Waals surface area contributed by atoms with Gasteiger partial charge in [-0.2, -0.15) is 0 Å². The standard InChI is InChI=1S/C15H19N3/c1-2-15(18-9-7-16-8-10-18)13-4-3-12-5-6-17-14(12)11-13/h2-6,11,15-17H,1,7-10H2/t15-/m1/s1. The van der Waals surface area contributed by atoms with E-state index in [0.29, 0.717) is 6.04 Å². The smallest absolute Gasteiger partial charge is 0.0530 e. The molecule has 1 saturated heterocycles. The van der Waals surface area contributed by atoms with Gasteiger partial charge in [0.25, 0.3) is 0 Å². The Kier molecular flexibility index (Phi) is 3.17. The number of aromatic amines is 1. The molecule has 0 aliphatic carbocycles.